The van der Waals surface area contributed by atoms with Crippen LogP contribution in [0.2, 0.25) is 0 Å². The van der Waals surface area contributed by atoms with Crippen LogP contribution in [-0.4, -0.2) is 30.2 Å². The SMILES string of the molecule is Cc1cc(C(=O)Nc2cc(F)c(F)c(F)c2)cc(N2CCCC(O)CC2)c1. The van der Waals surface area contributed by atoms with Gasteiger partial charge in [-0.25, -0.2) is 13.2 Å². The number of rotatable bonds is 3. The molecule has 1 aliphatic rings. The predicted octanol–water partition coefficient (Wildman–Crippen LogP) is 4.02. The van der Waals surface area contributed by atoms with Gasteiger partial charge in [-0.1, -0.05) is 0 Å². The molecule has 0 aliphatic carbocycles. The van der Waals surface area contributed by atoms with E-state index < -0.39 is 23.4 Å². The average Bonchev–Trinajstić information content (AvgIpc) is 2.83. The first-order valence-corrected chi connectivity index (χ1v) is 8.84. The van der Waals surface area contributed by atoms with Crippen LogP contribution in [0.3, 0.4) is 0 Å². The van der Waals surface area contributed by atoms with E-state index in [9.17, 15) is 23.1 Å². The van der Waals surface area contributed by atoms with Gasteiger partial charge in [-0.2, -0.15) is 0 Å². The third-order valence-corrected chi connectivity index (χ3v) is 4.63. The van der Waals surface area contributed by atoms with Gasteiger partial charge in [0, 0.05) is 42.2 Å². The van der Waals surface area contributed by atoms with Gasteiger partial charge in [0.05, 0.1) is 6.10 Å². The fourth-order valence-corrected chi connectivity index (χ4v) is 3.24. The van der Waals surface area contributed by atoms with Crippen molar-refractivity contribution in [3.63, 3.8) is 0 Å². The molecule has 144 valence electrons. The van der Waals surface area contributed by atoms with Gasteiger partial charge in [-0.3, -0.25) is 4.79 Å². The maximum atomic E-state index is 13.3. The Balaban J connectivity index is 1.82. The lowest BCUT2D eigenvalue weighted by Gasteiger charge is -2.24. The maximum Gasteiger partial charge on any atom is 0.255 e. The van der Waals surface area contributed by atoms with Gasteiger partial charge in [0.15, 0.2) is 17.5 Å². The van der Waals surface area contributed by atoms with Crippen molar-refractivity contribution in [1.29, 1.82) is 0 Å². The molecule has 2 aromatic carbocycles. The highest BCUT2D eigenvalue weighted by molar-refractivity contribution is 6.05. The highest BCUT2D eigenvalue weighted by Gasteiger charge is 2.18. The number of aliphatic hydroxyl groups is 1. The zero-order valence-electron chi connectivity index (χ0n) is 14.9. The average molecular weight is 378 g/mol. The number of anilines is 2. The minimum absolute atomic E-state index is 0.155. The quantitative estimate of drug-likeness (QED) is 0.794. The standard InChI is InChI=1S/C20H21F3N2O2/c1-12-7-13(9-15(8-12)25-5-2-3-16(26)4-6-25)20(27)24-14-10-17(21)19(23)18(22)11-14/h7-11,16,26H,2-6H2,1H3,(H,24,27). The minimum atomic E-state index is -1.57. The lowest BCUT2D eigenvalue weighted by atomic mass is 10.1. The molecule has 1 amide bonds. The Morgan fingerprint density at radius 2 is 1.78 bits per heavy atom. The van der Waals surface area contributed by atoms with Crippen molar-refractivity contribution in [2.45, 2.75) is 32.3 Å². The monoisotopic (exact) mass is 378 g/mol. The maximum absolute atomic E-state index is 13.3. The van der Waals surface area contributed by atoms with Gasteiger partial charge in [0.1, 0.15) is 0 Å². The molecule has 4 nitrogen and oxygen atoms in total. The molecule has 1 unspecified atom stereocenters. The van der Waals surface area contributed by atoms with Crippen LogP contribution in [0.4, 0.5) is 24.5 Å². The number of benzene rings is 2. The Morgan fingerprint density at radius 1 is 1.07 bits per heavy atom. The molecule has 27 heavy (non-hydrogen) atoms. The summed E-state index contributed by atoms with van der Waals surface area (Å²) in [4.78, 5) is 14.6. The van der Waals surface area contributed by atoms with Gasteiger partial charge in [0.2, 0.25) is 0 Å². The van der Waals surface area contributed by atoms with E-state index >= 15 is 0 Å². The van der Waals surface area contributed by atoms with Crippen LogP contribution in [0.15, 0.2) is 30.3 Å². The summed E-state index contributed by atoms with van der Waals surface area (Å²) in [5.41, 5.74) is 1.89. The summed E-state index contributed by atoms with van der Waals surface area (Å²) in [6.07, 6.45) is 1.94. The second kappa shape index (κ2) is 8.00. The van der Waals surface area contributed by atoms with E-state index in [2.05, 4.69) is 10.2 Å². The van der Waals surface area contributed by atoms with Crippen molar-refractivity contribution in [3.8, 4) is 0 Å². The lowest BCUT2D eigenvalue weighted by molar-refractivity contribution is 0.102. The largest absolute Gasteiger partial charge is 0.393 e. The number of amides is 1. The molecule has 1 fully saturated rings. The molecule has 7 heteroatoms. The van der Waals surface area contributed by atoms with Gasteiger partial charge in [0.25, 0.3) is 5.91 Å². The number of halogens is 3. The van der Waals surface area contributed by atoms with Crippen molar-refractivity contribution >= 4 is 17.3 Å². The zero-order valence-corrected chi connectivity index (χ0v) is 14.9. The Hall–Kier alpha value is -2.54. The molecule has 1 aliphatic heterocycles. The molecule has 1 atom stereocenters. The predicted molar refractivity (Wildman–Crippen MR) is 97.5 cm³/mol. The number of nitrogens with zero attached hydrogens (tertiary/aromatic N) is 1. The molecular weight excluding hydrogens is 357 g/mol. The molecule has 2 aromatic rings. The molecule has 0 spiro atoms. The number of hydrogen-bond acceptors (Lipinski definition) is 3. The second-order valence-electron chi connectivity index (χ2n) is 6.84. The fraction of sp³-hybridized carbons (Fsp3) is 0.350. The molecule has 0 saturated carbocycles. The summed E-state index contributed by atoms with van der Waals surface area (Å²) in [5, 5.41) is 12.2. The number of aryl methyl sites for hydroxylation is 1. The fourth-order valence-electron chi connectivity index (χ4n) is 3.24. The molecule has 2 N–H and O–H groups in total. The van der Waals surface area contributed by atoms with E-state index in [1.54, 1.807) is 12.1 Å². The lowest BCUT2D eigenvalue weighted by Crippen LogP contribution is -2.25. The van der Waals surface area contributed by atoms with E-state index in [0.717, 1.165) is 42.8 Å². The Morgan fingerprint density at radius 3 is 2.48 bits per heavy atom. The third kappa shape index (κ3) is 4.60. The highest BCUT2D eigenvalue weighted by Crippen LogP contribution is 2.24. The molecule has 1 saturated heterocycles. The number of carbonyl (C=O) groups excluding carboxylic acids is 1. The van der Waals surface area contributed by atoms with Crippen molar-refractivity contribution in [1.82, 2.24) is 0 Å². The minimum Gasteiger partial charge on any atom is -0.393 e. The topological polar surface area (TPSA) is 52.6 Å². The summed E-state index contributed by atoms with van der Waals surface area (Å²) in [7, 11) is 0. The third-order valence-electron chi connectivity index (χ3n) is 4.63. The van der Waals surface area contributed by atoms with Crippen LogP contribution in [0.5, 0.6) is 0 Å². The van der Waals surface area contributed by atoms with Crippen LogP contribution < -0.4 is 10.2 Å². The van der Waals surface area contributed by atoms with Crippen molar-refractivity contribution in [2.24, 2.45) is 0 Å². The molecule has 0 radical (unpaired) electrons. The number of carbonyl (C=O) groups is 1. The normalized spacial score (nSPS) is 17.5. The molecule has 0 aromatic heterocycles. The Labute approximate surface area is 155 Å². The van der Waals surface area contributed by atoms with Gasteiger partial charge < -0.3 is 15.3 Å². The van der Waals surface area contributed by atoms with Crippen molar-refractivity contribution in [3.05, 3.63) is 58.9 Å². The van der Waals surface area contributed by atoms with Gasteiger partial charge in [-0.15, -0.1) is 0 Å². The first kappa shape index (κ1) is 19.2. The van der Waals surface area contributed by atoms with Crippen molar-refractivity contribution < 1.29 is 23.1 Å². The van der Waals surface area contributed by atoms with E-state index in [0.29, 0.717) is 18.5 Å². The summed E-state index contributed by atoms with van der Waals surface area (Å²) in [6, 6.07) is 6.80. The Bertz CT molecular complexity index is 834. The highest BCUT2D eigenvalue weighted by atomic mass is 19.2. The Kier molecular flexibility index (Phi) is 5.70. The summed E-state index contributed by atoms with van der Waals surface area (Å²) >= 11 is 0. The molecule has 3 rings (SSSR count). The van der Waals surface area contributed by atoms with E-state index in [1.807, 2.05) is 13.0 Å². The first-order valence-electron chi connectivity index (χ1n) is 8.84. The number of aliphatic hydroxyl groups excluding tert-OH is 1. The smallest absolute Gasteiger partial charge is 0.255 e. The second-order valence-corrected chi connectivity index (χ2v) is 6.84. The first-order chi connectivity index (χ1) is 12.8. The van der Waals surface area contributed by atoms with Gasteiger partial charge in [-0.05, 0) is 49.9 Å². The molecule has 0 bridgehead atoms. The van der Waals surface area contributed by atoms with Gasteiger partial charge >= 0.3 is 0 Å². The van der Waals surface area contributed by atoms with E-state index in [4.69, 9.17) is 0 Å². The van der Waals surface area contributed by atoms with Crippen LogP contribution in [-0.2, 0) is 0 Å². The molecule has 1 heterocycles. The summed E-state index contributed by atoms with van der Waals surface area (Å²) < 4.78 is 39.7. The summed E-state index contributed by atoms with van der Waals surface area (Å²) in [5.74, 6) is -4.84. The summed E-state index contributed by atoms with van der Waals surface area (Å²) in [6.45, 7) is 3.31. The van der Waals surface area contributed by atoms with Crippen LogP contribution in [0.1, 0.15) is 35.2 Å². The van der Waals surface area contributed by atoms with Crippen LogP contribution in [0.25, 0.3) is 0 Å². The number of nitrogens with one attached hydrogen (secondary N) is 1. The van der Waals surface area contributed by atoms with Crippen LogP contribution in [0, 0.1) is 24.4 Å². The molecular formula is C20H21F3N2O2. The van der Waals surface area contributed by atoms with Crippen LogP contribution >= 0.6 is 0 Å². The van der Waals surface area contributed by atoms with E-state index in [-0.39, 0.29) is 11.8 Å². The zero-order chi connectivity index (χ0) is 19.6. The number of hydrogen-bond donors (Lipinski definition) is 2. The van der Waals surface area contributed by atoms with E-state index in [1.165, 1.54) is 0 Å². The van der Waals surface area contributed by atoms with Crippen molar-refractivity contribution in [2.75, 3.05) is 23.3 Å².